The maximum atomic E-state index is 2.88. The lowest BCUT2D eigenvalue weighted by atomic mass is 9.64. The molecule has 0 fully saturated rings. The highest BCUT2D eigenvalue weighted by atomic mass is 15.3. The Labute approximate surface area is 159 Å². The van der Waals surface area contributed by atoms with Crippen LogP contribution in [0.2, 0.25) is 0 Å². The highest BCUT2D eigenvalue weighted by molar-refractivity contribution is 5.09. The molecule has 1 heterocycles. The van der Waals surface area contributed by atoms with Gasteiger partial charge in [0.2, 0.25) is 0 Å². The van der Waals surface area contributed by atoms with Crippen molar-refractivity contribution in [3.8, 4) is 0 Å². The molecule has 3 atom stereocenters. The van der Waals surface area contributed by atoms with E-state index in [1.807, 2.05) is 0 Å². The van der Waals surface area contributed by atoms with Crippen LogP contribution in [0.25, 0.3) is 0 Å². The number of hydrogen-bond donors (Lipinski definition) is 0. The molecule has 3 unspecified atom stereocenters. The summed E-state index contributed by atoms with van der Waals surface area (Å²) in [5.41, 5.74) is 0.912. The van der Waals surface area contributed by atoms with Crippen molar-refractivity contribution in [2.24, 2.45) is 22.2 Å². The second-order valence-electron chi connectivity index (χ2n) is 12.5. The summed E-state index contributed by atoms with van der Waals surface area (Å²) in [6.45, 7) is 29.2. The lowest BCUT2D eigenvalue weighted by Gasteiger charge is -2.58. The van der Waals surface area contributed by atoms with E-state index >= 15 is 0 Å². The van der Waals surface area contributed by atoms with E-state index in [4.69, 9.17) is 0 Å². The Morgan fingerprint density at radius 3 is 1.60 bits per heavy atom. The van der Waals surface area contributed by atoms with Crippen molar-refractivity contribution in [2.75, 3.05) is 0 Å². The van der Waals surface area contributed by atoms with Crippen molar-refractivity contribution in [3.05, 3.63) is 12.2 Å². The Morgan fingerprint density at radius 2 is 1.24 bits per heavy atom. The Bertz CT molecular complexity index is 444. The first-order chi connectivity index (χ1) is 11.0. The molecule has 0 aliphatic carbocycles. The Kier molecular flexibility index (Phi) is 6.71. The van der Waals surface area contributed by atoms with Crippen LogP contribution in [0, 0.1) is 22.2 Å². The monoisotopic (exact) mass is 349 g/mol. The van der Waals surface area contributed by atoms with Gasteiger partial charge in [-0.15, -0.1) is 0 Å². The highest BCUT2D eigenvalue weighted by Crippen LogP contribution is 2.47. The van der Waals surface area contributed by atoms with Crippen LogP contribution < -0.4 is 0 Å². The van der Waals surface area contributed by atoms with Crippen LogP contribution in [-0.2, 0) is 0 Å². The van der Waals surface area contributed by atoms with Crippen LogP contribution >= 0.6 is 0 Å². The molecule has 1 heteroatoms. The topological polar surface area (TPSA) is 3.24 Å². The van der Waals surface area contributed by atoms with Crippen LogP contribution in [-0.4, -0.2) is 22.5 Å². The zero-order chi connectivity index (χ0) is 19.8. The van der Waals surface area contributed by atoms with Crippen molar-refractivity contribution < 1.29 is 0 Å². The van der Waals surface area contributed by atoms with Crippen LogP contribution in [0.5, 0.6) is 0 Å². The molecule has 1 aliphatic heterocycles. The van der Waals surface area contributed by atoms with E-state index in [2.05, 4.69) is 100 Å². The average molecular weight is 350 g/mol. The minimum atomic E-state index is 0.133. The third kappa shape index (κ3) is 5.84. The predicted octanol–water partition coefficient (Wildman–Crippen LogP) is 7.32. The summed E-state index contributed by atoms with van der Waals surface area (Å²) in [6.07, 6.45) is 8.82. The zero-order valence-electron chi connectivity index (χ0n) is 19.5. The average Bonchev–Trinajstić information content (AvgIpc) is 2.42. The molecule has 0 aromatic carbocycles. The fraction of sp³-hybridized carbons (Fsp3) is 0.917. The van der Waals surface area contributed by atoms with Gasteiger partial charge in [0.1, 0.15) is 0 Å². The van der Waals surface area contributed by atoms with E-state index in [1.54, 1.807) is 0 Å². The molecule has 0 bridgehead atoms. The molecule has 148 valence electrons. The Morgan fingerprint density at radius 1 is 0.720 bits per heavy atom. The smallest absolute Gasteiger partial charge is 0.0335 e. The maximum absolute atomic E-state index is 2.88. The van der Waals surface area contributed by atoms with Gasteiger partial charge < -0.3 is 0 Å². The summed E-state index contributed by atoms with van der Waals surface area (Å²) in [6, 6.07) is 1.01. The molecule has 0 saturated heterocycles. The molecular weight excluding hydrogens is 302 g/mol. The van der Waals surface area contributed by atoms with Crippen molar-refractivity contribution in [1.82, 2.24) is 4.90 Å². The SMILES string of the molecule is CC(C)(C)C1CCC/C=C/C(C(C)(C)C)N(C(C)(C)C)C1C(C)(C)C. The number of allylic oxidation sites excluding steroid dienone is 1. The zero-order valence-corrected chi connectivity index (χ0v) is 19.5. The maximum Gasteiger partial charge on any atom is 0.0335 e. The van der Waals surface area contributed by atoms with Gasteiger partial charge in [-0.2, -0.15) is 0 Å². The molecule has 0 radical (unpaired) electrons. The minimum absolute atomic E-state index is 0.133. The molecule has 1 rings (SSSR count). The summed E-state index contributed by atoms with van der Waals surface area (Å²) < 4.78 is 0. The summed E-state index contributed by atoms with van der Waals surface area (Å²) in [5.74, 6) is 0.691. The van der Waals surface area contributed by atoms with Gasteiger partial charge in [-0.3, -0.25) is 4.90 Å². The fourth-order valence-corrected chi connectivity index (χ4v) is 4.77. The van der Waals surface area contributed by atoms with Gasteiger partial charge in [0.05, 0.1) is 0 Å². The van der Waals surface area contributed by atoms with Gasteiger partial charge in [0.25, 0.3) is 0 Å². The molecule has 0 N–H and O–H groups in total. The van der Waals surface area contributed by atoms with E-state index < -0.39 is 0 Å². The van der Waals surface area contributed by atoms with Crippen molar-refractivity contribution in [3.63, 3.8) is 0 Å². The molecule has 25 heavy (non-hydrogen) atoms. The Hall–Kier alpha value is -0.300. The molecule has 0 aromatic heterocycles. The lowest BCUT2D eigenvalue weighted by Crippen LogP contribution is -2.63. The van der Waals surface area contributed by atoms with E-state index in [0.29, 0.717) is 23.4 Å². The molecule has 0 spiro atoms. The van der Waals surface area contributed by atoms with Crippen molar-refractivity contribution >= 4 is 0 Å². The summed E-state index contributed by atoms with van der Waals surface area (Å²) >= 11 is 0. The van der Waals surface area contributed by atoms with Gasteiger partial charge in [0, 0.05) is 17.6 Å². The quantitative estimate of drug-likeness (QED) is 0.414. The number of nitrogens with zero attached hydrogens (tertiary/aromatic N) is 1. The van der Waals surface area contributed by atoms with Gasteiger partial charge in [-0.25, -0.2) is 0 Å². The second kappa shape index (κ2) is 7.37. The summed E-state index contributed by atoms with van der Waals surface area (Å²) in [7, 11) is 0. The molecular formula is C24H47N. The first-order valence-corrected chi connectivity index (χ1v) is 10.4. The standard InChI is InChI=1S/C24H47N/c1-21(2,3)18-16-14-13-15-17-19(22(4,5)6)25(24(10,11)12)20(18)23(7,8)9/h15,17-20H,13-14,16H2,1-12H3/b17-15+. The predicted molar refractivity (Wildman–Crippen MR) is 114 cm³/mol. The number of hydrogen-bond acceptors (Lipinski definition) is 1. The van der Waals surface area contributed by atoms with Crippen molar-refractivity contribution in [2.45, 2.75) is 120 Å². The van der Waals surface area contributed by atoms with Gasteiger partial charge in [-0.05, 0) is 62.2 Å². The van der Waals surface area contributed by atoms with Gasteiger partial charge in [-0.1, -0.05) is 74.5 Å². The van der Waals surface area contributed by atoms with Crippen LogP contribution in [0.3, 0.4) is 0 Å². The van der Waals surface area contributed by atoms with Crippen LogP contribution in [0.15, 0.2) is 12.2 Å². The van der Waals surface area contributed by atoms with Gasteiger partial charge >= 0.3 is 0 Å². The summed E-state index contributed by atoms with van der Waals surface area (Å²) in [5, 5.41) is 0. The second-order valence-corrected chi connectivity index (χ2v) is 12.5. The van der Waals surface area contributed by atoms with E-state index in [0.717, 1.165) is 0 Å². The number of rotatable bonds is 0. The van der Waals surface area contributed by atoms with E-state index in [1.165, 1.54) is 19.3 Å². The molecule has 1 aliphatic rings. The highest BCUT2D eigenvalue weighted by Gasteiger charge is 2.49. The third-order valence-corrected chi connectivity index (χ3v) is 5.85. The largest absolute Gasteiger partial charge is 0.288 e. The fourth-order valence-electron chi connectivity index (χ4n) is 4.77. The lowest BCUT2D eigenvalue weighted by molar-refractivity contribution is -0.0820. The molecule has 0 aromatic rings. The first-order valence-electron chi connectivity index (χ1n) is 10.4. The molecule has 0 saturated carbocycles. The van der Waals surface area contributed by atoms with Crippen LogP contribution in [0.4, 0.5) is 0 Å². The Balaban J connectivity index is 3.67. The van der Waals surface area contributed by atoms with Gasteiger partial charge in [0.15, 0.2) is 0 Å². The summed E-state index contributed by atoms with van der Waals surface area (Å²) in [4.78, 5) is 2.88. The van der Waals surface area contributed by atoms with E-state index in [-0.39, 0.29) is 16.4 Å². The minimum Gasteiger partial charge on any atom is -0.288 e. The normalized spacial score (nSPS) is 29.7. The first kappa shape index (κ1) is 22.7. The van der Waals surface area contributed by atoms with E-state index in [9.17, 15) is 0 Å². The molecule has 0 amide bonds. The molecule has 1 nitrogen and oxygen atoms in total. The third-order valence-electron chi connectivity index (χ3n) is 5.85. The van der Waals surface area contributed by atoms with Crippen LogP contribution in [0.1, 0.15) is 102 Å². The van der Waals surface area contributed by atoms with Crippen molar-refractivity contribution in [1.29, 1.82) is 0 Å².